The van der Waals surface area contributed by atoms with Crippen molar-refractivity contribution in [1.29, 1.82) is 0 Å². The van der Waals surface area contributed by atoms with E-state index in [0.717, 1.165) is 12.8 Å². The van der Waals surface area contributed by atoms with Crippen molar-refractivity contribution in [2.24, 2.45) is 5.84 Å². The normalized spacial score (nSPS) is 20.3. The Morgan fingerprint density at radius 3 is 2.67 bits per heavy atom. The molecule has 1 atom stereocenters. The molecule has 18 heavy (non-hydrogen) atoms. The Hall–Kier alpha value is -1.57. The molecule has 0 radical (unpaired) electrons. The van der Waals surface area contributed by atoms with Gasteiger partial charge in [-0.15, -0.1) is 0 Å². The molecule has 0 spiro atoms. The number of aromatic nitrogens is 2. The molecule has 0 bridgehead atoms. The van der Waals surface area contributed by atoms with Gasteiger partial charge in [-0.3, -0.25) is 0 Å². The van der Waals surface area contributed by atoms with Gasteiger partial charge in [-0.1, -0.05) is 0 Å². The molecule has 3 N–H and O–H groups in total. The van der Waals surface area contributed by atoms with Gasteiger partial charge in [0.25, 0.3) is 0 Å². The Morgan fingerprint density at radius 1 is 1.44 bits per heavy atom. The zero-order chi connectivity index (χ0) is 13.3. The van der Waals surface area contributed by atoms with Crippen molar-refractivity contribution >= 4 is 11.6 Å². The molecule has 100 valence electrons. The number of hydrogen-bond donors (Lipinski definition) is 2. The monoisotopic (exact) mass is 261 g/mol. The van der Waals surface area contributed by atoms with E-state index in [1.807, 2.05) is 11.8 Å². The summed E-state index contributed by atoms with van der Waals surface area (Å²) in [4.78, 5) is 8.73. The Bertz CT molecular complexity index is 434. The number of hydrogen-bond acceptors (Lipinski definition) is 5. The summed E-state index contributed by atoms with van der Waals surface area (Å²) in [5, 5.41) is 0. The fraction of sp³-hybridized carbons (Fsp3) is 0.600. The standard InChI is InChI=1S/C10H14F3N5/c1-6-3-2-4-18(6)8-5-7(17-14)15-9(16-8)10(11,12)13/h5-6H,2-4,14H2,1H3,(H,15,16,17). The third-order valence-electron chi connectivity index (χ3n) is 2.96. The van der Waals surface area contributed by atoms with Crippen LogP contribution in [0.4, 0.5) is 24.8 Å². The maximum absolute atomic E-state index is 12.7. The summed E-state index contributed by atoms with van der Waals surface area (Å²) in [7, 11) is 0. The molecule has 0 aliphatic carbocycles. The molecule has 1 aliphatic heterocycles. The molecule has 5 nitrogen and oxygen atoms in total. The predicted molar refractivity (Wildman–Crippen MR) is 60.9 cm³/mol. The van der Waals surface area contributed by atoms with Gasteiger partial charge in [0.05, 0.1) is 0 Å². The molecule has 0 aromatic carbocycles. The van der Waals surface area contributed by atoms with Crippen molar-refractivity contribution in [3.63, 3.8) is 0 Å². The zero-order valence-electron chi connectivity index (χ0n) is 9.83. The average molecular weight is 261 g/mol. The van der Waals surface area contributed by atoms with Gasteiger partial charge in [0, 0.05) is 18.7 Å². The smallest absolute Gasteiger partial charge is 0.354 e. The summed E-state index contributed by atoms with van der Waals surface area (Å²) in [6.45, 7) is 2.65. The molecule has 1 unspecified atom stereocenters. The molecule has 1 saturated heterocycles. The maximum Gasteiger partial charge on any atom is 0.451 e. The quantitative estimate of drug-likeness (QED) is 0.627. The van der Waals surface area contributed by atoms with E-state index in [1.54, 1.807) is 0 Å². The van der Waals surface area contributed by atoms with E-state index in [-0.39, 0.29) is 17.7 Å². The van der Waals surface area contributed by atoms with Gasteiger partial charge in [0.1, 0.15) is 11.6 Å². The fourth-order valence-corrected chi connectivity index (χ4v) is 2.06. The minimum atomic E-state index is -4.58. The van der Waals surface area contributed by atoms with Crippen LogP contribution in [0.5, 0.6) is 0 Å². The molecule has 0 saturated carbocycles. The van der Waals surface area contributed by atoms with E-state index in [1.165, 1.54) is 6.07 Å². The lowest BCUT2D eigenvalue weighted by atomic mass is 10.2. The second-order valence-corrected chi connectivity index (χ2v) is 4.26. The molecule has 1 aromatic rings. The van der Waals surface area contributed by atoms with Crippen molar-refractivity contribution in [1.82, 2.24) is 9.97 Å². The van der Waals surface area contributed by atoms with Crippen LogP contribution in [0.3, 0.4) is 0 Å². The number of halogens is 3. The van der Waals surface area contributed by atoms with Gasteiger partial charge < -0.3 is 10.3 Å². The number of nitrogens with one attached hydrogen (secondary N) is 1. The number of nitrogen functional groups attached to an aromatic ring is 1. The van der Waals surface area contributed by atoms with Crippen molar-refractivity contribution in [3.05, 3.63) is 11.9 Å². The number of alkyl halides is 3. The van der Waals surface area contributed by atoms with E-state index < -0.39 is 12.0 Å². The van der Waals surface area contributed by atoms with Gasteiger partial charge in [0.15, 0.2) is 0 Å². The highest BCUT2D eigenvalue weighted by atomic mass is 19.4. The lowest BCUT2D eigenvalue weighted by Gasteiger charge is -2.23. The van der Waals surface area contributed by atoms with Crippen LogP contribution in [-0.2, 0) is 6.18 Å². The first-order chi connectivity index (χ1) is 8.41. The highest BCUT2D eigenvalue weighted by molar-refractivity contribution is 5.50. The largest absolute Gasteiger partial charge is 0.451 e. The summed E-state index contributed by atoms with van der Waals surface area (Å²) >= 11 is 0. The van der Waals surface area contributed by atoms with Crippen LogP contribution in [0.15, 0.2) is 6.07 Å². The second-order valence-electron chi connectivity index (χ2n) is 4.26. The SMILES string of the molecule is CC1CCCN1c1cc(NN)nc(C(F)(F)F)n1. The van der Waals surface area contributed by atoms with E-state index in [0.29, 0.717) is 6.54 Å². The summed E-state index contributed by atoms with van der Waals surface area (Å²) in [6.07, 6.45) is -2.70. The molecule has 2 heterocycles. The van der Waals surface area contributed by atoms with Crippen LogP contribution in [-0.4, -0.2) is 22.6 Å². The van der Waals surface area contributed by atoms with E-state index in [4.69, 9.17) is 5.84 Å². The summed E-state index contributed by atoms with van der Waals surface area (Å²) in [5.41, 5.74) is 2.14. The zero-order valence-corrected chi connectivity index (χ0v) is 9.83. The predicted octanol–water partition coefficient (Wildman–Crippen LogP) is 1.77. The third-order valence-corrected chi connectivity index (χ3v) is 2.96. The first-order valence-corrected chi connectivity index (χ1v) is 5.61. The lowest BCUT2D eigenvalue weighted by Crippen LogP contribution is -2.29. The van der Waals surface area contributed by atoms with Gasteiger partial charge in [-0.05, 0) is 19.8 Å². The van der Waals surface area contributed by atoms with Crippen molar-refractivity contribution in [2.75, 3.05) is 16.9 Å². The van der Waals surface area contributed by atoms with Crippen LogP contribution in [0.1, 0.15) is 25.6 Å². The number of nitrogens with two attached hydrogens (primary N) is 1. The Kier molecular flexibility index (Phi) is 3.29. The van der Waals surface area contributed by atoms with E-state index in [9.17, 15) is 13.2 Å². The van der Waals surface area contributed by atoms with E-state index in [2.05, 4.69) is 15.4 Å². The number of anilines is 2. The highest BCUT2D eigenvalue weighted by Gasteiger charge is 2.36. The topological polar surface area (TPSA) is 67.1 Å². The lowest BCUT2D eigenvalue weighted by molar-refractivity contribution is -0.144. The Balaban J connectivity index is 2.41. The van der Waals surface area contributed by atoms with Crippen LogP contribution in [0.25, 0.3) is 0 Å². The van der Waals surface area contributed by atoms with Crippen molar-refractivity contribution in [3.8, 4) is 0 Å². The first-order valence-electron chi connectivity index (χ1n) is 5.61. The number of rotatable bonds is 2. The summed E-state index contributed by atoms with van der Waals surface area (Å²) < 4.78 is 38.0. The minimum Gasteiger partial charge on any atom is -0.354 e. The van der Waals surface area contributed by atoms with Gasteiger partial charge in [0.2, 0.25) is 5.82 Å². The van der Waals surface area contributed by atoms with Gasteiger partial charge >= 0.3 is 6.18 Å². The highest BCUT2D eigenvalue weighted by Crippen LogP contribution is 2.31. The summed E-state index contributed by atoms with van der Waals surface area (Å²) in [5.74, 6) is 4.19. The minimum absolute atomic E-state index is 0.0357. The molecule has 8 heteroatoms. The van der Waals surface area contributed by atoms with Gasteiger partial charge in [-0.2, -0.15) is 13.2 Å². The second kappa shape index (κ2) is 4.60. The van der Waals surface area contributed by atoms with Crippen LogP contribution in [0, 0.1) is 0 Å². The molecular formula is C10H14F3N5. The third kappa shape index (κ3) is 2.47. The first kappa shape index (κ1) is 12.9. The fourth-order valence-electron chi connectivity index (χ4n) is 2.06. The average Bonchev–Trinajstić information content (AvgIpc) is 2.73. The molecule has 1 fully saturated rings. The molecular weight excluding hydrogens is 247 g/mol. The maximum atomic E-state index is 12.7. The van der Waals surface area contributed by atoms with Crippen LogP contribution in [0.2, 0.25) is 0 Å². The number of nitrogens with zero attached hydrogens (tertiary/aromatic N) is 3. The number of hydrazine groups is 1. The van der Waals surface area contributed by atoms with E-state index >= 15 is 0 Å². The summed E-state index contributed by atoms with van der Waals surface area (Å²) in [6, 6.07) is 1.60. The molecule has 0 amide bonds. The van der Waals surface area contributed by atoms with Crippen LogP contribution < -0.4 is 16.2 Å². The Labute approximate surface area is 102 Å². The van der Waals surface area contributed by atoms with Crippen molar-refractivity contribution < 1.29 is 13.2 Å². The van der Waals surface area contributed by atoms with Crippen molar-refractivity contribution in [2.45, 2.75) is 32.0 Å². The van der Waals surface area contributed by atoms with Gasteiger partial charge in [-0.25, -0.2) is 15.8 Å². The molecule has 1 aromatic heterocycles. The molecule has 2 rings (SSSR count). The Morgan fingerprint density at radius 2 is 2.17 bits per heavy atom. The molecule has 1 aliphatic rings. The van der Waals surface area contributed by atoms with Crippen LogP contribution >= 0.6 is 0 Å².